The number of carbonyl (C=O) groups excluding carboxylic acids is 2. The van der Waals surface area contributed by atoms with Gasteiger partial charge in [0.25, 0.3) is 5.91 Å². The molecule has 0 bridgehead atoms. The lowest BCUT2D eigenvalue weighted by atomic mass is 10.1. The average Bonchev–Trinajstić information content (AvgIpc) is 2.57. The lowest BCUT2D eigenvalue weighted by Crippen LogP contribution is -2.37. The smallest absolute Gasteiger partial charge is 0.251 e. The number of nitrogens with one attached hydrogen (secondary N) is 2. The lowest BCUT2D eigenvalue weighted by molar-refractivity contribution is -0.120. The second kappa shape index (κ2) is 9.49. The molecule has 2 rings (SSSR count). The van der Waals surface area contributed by atoms with Crippen LogP contribution in [-0.4, -0.2) is 30.7 Å². The summed E-state index contributed by atoms with van der Waals surface area (Å²) in [6.45, 7) is 4.38. The molecule has 0 unspecified atom stereocenters. The number of thioether (sulfide) groups is 1. The fraction of sp³-hybridized carbons (Fsp3) is 0.263. The normalized spacial score (nSPS) is 10.4. The molecule has 0 aliphatic rings. The van der Waals surface area contributed by atoms with E-state index in [4.69, 9.17) is 11.6 Å². The topological polar surface area (TPSA) is 58.2 Å². The highest BCUT2D eigenvalue weighted by Crippen LogP contribution is 2.19. The van der Waals surface area contributed by atoms with Gasteiger partial charge < -0.3 is 10.6 Å². The van der Waals surface area contributed by atoms with E-state index in [1.165, 1.54) is 0 Å². The molecule has 2 N–H and O–H groups in total. The van der Waals surface area contributed by atoms with E-state index in [1.807, 2.05) is 56.3 Å². The standard InChI is InChI=1S/C19H21ClN2O2S/c1-13-9-14(2)11-15(10-13)19(24)22-12-18(23)21-7-8-25-17-5-3-16(20)4-6-17/h3-6,9-11H,7-8,12H2,1-2H3,(H,21,23)(H,22,24). The molecule has 4 nitrogen and oxygen atoms in total. The summed E-state index contributed by atoms with van der Waals surface area (Å²) in [4.78, 5) is 25.0. The molecule has 0 aromatic heterocycles. The molecule has 0 saturated heterocycles. The predicted molar refractivity (Wildman–Crippen MR) is 103 cm³/mol. The number of hydrogen-bond acceptors (Lipinski definition) is 3. The summed E-state index contributed by atoms with van der Waals surface area (Å²) in [5.41, 5.74) is 2.62. The van der Waals surface area contributed by atoms with Gasteiger partial charge in [-0.1, -0.05) is 28.8 Å². The monoisotopic (exact) mass is 376 g/mol. The Morgan fingerprint density at radius 1 is 1.00 bits per heavy atom. The van der Waals surface area contributed by atoms with Crippen LogP contribution in [0.3, 0.4) is 0 Å². The van der Waals surface area contributed by atoms with Crippen molar-refractivity contribution in [1.29, 1.82) is 0 Å². The molecule has 0 heterocycles. The van der Waals surface area contributed by atoms with E-state index in [9.17, 15) is 9.59 Å². The van der Waals surface area contributed by atoms with Gasteiger partial charge in [-0.25, -0.2) is 0 Å². The zero-order valence-electron chi connectivity index (χ0n) is 14.3. The number of rotatable bonds is 7. The van der Waals surface area contributed by atoms with Crippen LogP contribution in [0, 0.1) is 13.8 Å². The predicted octanol–water partition coefficient (Wildman–Crippen LogP) is 3.60. The van der Waals surface area contributed by atoms with E-state index in [0.29, 0.717) is 17.1 Å². The molecule has 0 aliphatic heterocycles. The Morgan fingerprint density at radius 3 is 2.28 bits per heavy atom. The molecule has 25 heavy (non-hydrogen) atoms. The summed E-state index contributed by atoms with van der Waals surface area (Å²) in [5, 5.41) is 6.14. The molecular formula is C19H21ClN2O2S. The van der Waals surface area contributed by atoms with Crippen molar-refractivity contribution < 1.29 is 9.59 Å². The minimum atomic E-state index is -0.238. The summed E-state index contributed by atoms with van der Waals surface area (Å²) < 4.78 is 0. The Morgan fingerprint density at radius 2 is 1.64 bits per heavy atom. The third kappa shape index (κ3) is 6.80. The van der Waals surface area contributed by atoms with Gasteiger partial charge in [-0.3, -0.25) is 9.59 Å². The van der Waals surface area contributed by atoms with E-state index >= 15 is 0 Å². The summed E-state index contributed by atoms with van der Waals surface area (Å²) in [7, 11) is 0. The van der Waals surface area contributed by atoms with E-state index in [1.54, 1.807) is 11.8 Å². The van der Waals surface area contributed by atoms with Crippen LogP contribution >= 0.6 is 23.4 Å². The number of hydrogen-bond donors (Lipinski definition) is 2. The van der Waals surface area contributed by atoms with Crippen molar-refractivity contribution in [2.45, 2.75) is 18.7 Å². The highest BCUT2D eigenvalue weighted by Gasteiger charge is 2.08. The van der Waals surface area contributed by atoms with Crippen LogP contribution in [0.25, 0.3) is 0 Å². The van der Waals surface area contributed by atoms with E-state index in [2.05, 4.69) is 10.6 Å². The second-order valence-corrected chi connectivity index (χ2v) is 7.32. The Bertz CT molecular complexity index is 727. The first-order valence-corrected chi connectivity index (χ1v) is 9.32. The van der Waals surface area contributed by atoms with Gasteiger partial charge in [-0.15, -0.1) is 11.8 Å². The highest BCUT2D eigenvalue weighted by atomic mass is 35.5. The fourth-order valence-corrected chi connectivity index (χ4v) is 3.22. The molecular weight excluding hydrogens is 356 g/mol. The first-order valence-electron chi connectivity index (χ1n) is 7.95. The molecule has 2 aromatic rings. The van der Waals surface area contributed by atoms with Gasteiger partial charge in [-0.05, 0) is 50.2 Å². The maximum atomic E-state index is 12.1. The Balaban J connectivity index is 1.68. The molecule has 132 valence electrons. The van der Waals surface area contributed by atoms with Crippen molar-refractivity contribution in [2.75, 3.05) is 18.8 Å². The quantitative estimate of drug-likeness (QED) is 0.573. The summed E-state index contributed by atoms with van der Waals surface area (Å²) in [6, 6.07) is 13.2. The van der Waals surface area contributed by atoms with Gasteiger partial charge in [0.05, 0.1) is 6.54 Å². The largest absolute Gasteiger partial charge is 0.354 e. The Labute approximate surface area is 157 Å². The third-order valence-electron chi connectivity index (χ3n) is 3.40. The van der Waals surface area contributed by atoms with Crippen LogP contribution in [0.4, 0.5) is 0 Å². The zero-order valence-corrected chi connectivity index (χ0v) is 15.8. The maximum absolute atomic E-state index is 12.1. The number of aryl methyl sites for hydroxylation is 2. The van der Waals surface area contributed by atoms with Crippen molar-refractivity contribution in [1.82, 2.24) is 10.6 Å². The van der Waals surface area contributed by atoms with Crippen LogP contribution in [0.2, 0.25) is 5.02 Å². The minimum Gasteiger partial charge on any atom is -0.354 e. The molecule has 0 atom stereocenters. The molecule has 0 spiro atoms. The Hall–Kier alpha value is -1.98. The number of amides is 2. The number of benzene rings is 2. The van der Waals surface area contributed by atoms with Gasteiger partial charge in [0.2, 0.25) is 5.91 Å². The maximum Gasteiger partial charge on any atom is 0.251 e. The first kappa shape index (κ1) is 19.3. The molecule has 2 aromatic carbocycles. The fourth-order valence-electron chi connectivity index (χ4n) is 2.32. The van der Waals surface area contributed by atoms with Crippen LogP contribution in [0.15, 0.2) is 47.4 Å². The van der Waals surface area contributed by atoms with Crippen LogP contribution in [0.5, 0.6) is 0 Å². The van der Waals surface area contributed by atoms with Crippen molar-refractivity contribution in [3.63, 3.8) is 0 Å². The zero-order chi connectivity index (χ0) is 18.2. The summed E-state index contributed by atoms with van der Waals surface area (Å²) in [5.74, 6) is 0.310. The van der Waals surface area contributed by atoms with Crippen LogP contribution in [0.1, 0.15) is 21.5 Å². The SMILES string of the molecule is Cc1cc(C)cc(C(=O)NCC(=O)NCCSc2ccc(Cl)cc2)c1. The van der Waals surface area contributed by atoms with Gasteiger partial charge in [0.1, 0.15) is 0 Å². The molecule has 2 amide bonds. The van der Waals surface area contributed by atoms with Crippen LogP contribution < -0.4 is 10.6 Å². The van der Waals surface area contributed by atoms with Crippen molar-refractivity contribution in [3.8, 4) is 0 Å². The van der Waals surface area contributed by atoms with E-state index in [-0.39, 0.29) is 18.4 Å². The summed E-state index contributed by atoms with van der Waals surface area (Å²) >= 11 is 7.47. The third-order valence-corrected chi connectivity index (χ3v) is 4.67. The molecule has 0 radical (unpaired) electrons. The van der Waals surface area contributed by atoms with Crippen molar-refractivity contribution in [2.24, 2.45) is 0 Å². The van der Waals surface area contributed by atoms with Gasteiger partial charge in [0, 0.05) is 27.8 Å². The first-order chi connectivity index (χ1) is 11.9. The molecule has 0 aliphatic carbocycles. The molecule has 0 saturated carbocycles. The molecule has 6 heteroatoms. The van der Waals surface area contributed by atoms with E-state index in [0.717, 1.165) is 21.8 Å². The van der Waals surface area contributed by atoms with Gasteiger partial charge in [-0.2, -0.15) is 0 Å². The molecule has 0 fully saturated rings. The average molecular weight is 377 g/mol. The van der Waals surface area contributed by atoms with Gasteiger partial charge in [0.15, 0.2) is 0 Å². The Kier molecular flexibility index (Phi) is 7.34. The minimum absolute atomic E-state index is 0.0303. The lowest BCUT2D eigenvalue weighted by Gasteiger charge is -2.08. The highest BCUT2D eigenvalue weighted by molar-refractivity contribution is 7.99. The second-order valence-electron chi connectivity index (χ2n) is 5.71. The van der Waals surface area contributed by atoms with Gasteiger partial charge >= 0.3 is 0 Å². The van der Waals surface area contributed by atoms with E-state index < -0.39 is 0 Å². The van der Waals surface area contributed by atoms with Crippen molar-refractivity contribution in [3.05, 3.63) is 64.2 Å². The van der Waals surface area contributed by atoms with Crippen molar-refractivity contribution >= 4 is 35.2 Å². The number of carbonyl (C=O) groups is 2. The number of halogens is 1. The van der Waals surface area contributed by atoms with Crippen LogP contribution in [-0.2, 0) is 4.79 Å². The summed E-state index contributed by atoms with van der Waals surface area (Å²) in [6.07, 6.45) is 0.